The fourth-order valence-electron chi connectivity index (χ4n) is 1.26. The Morgan fingerprint density at radius 1 is 1.10 bits per heavy atom. The summed E-state index contributed by atoms with van der Waals surface area (Å²) in [7, 11) is -2.49. The van der Waals surface area contributed by atoms with Crippen LogP contribution < -0.4 is 0 Å². The van der Waals surface area contributed by atoms with Gasteiger partial charge in [-0.15, -0.1) is 9.42 Å². The number of rotatable bonds is 12. The van der Waals surface area contributed by atoms with Crippen molar-refractivity contribution >= 4 is 14.2 Å². The van der Waals surface area contributed by atoms with Gasteiger partial charge in [0.1, 0.15) is 19.8 Å². The van der Waals surface area contributed by atoms with Crippen LogP contribution in [-0.4, -0.2) is 30.7 Å². The minimum absolute atomic E-state index is 0.169. The Labute approximate surface area is 120 Å². The zero-order valence-electron chi connectivity index (χ0n) is 11.8. The topological polar surface area (TPSA) is 82.1 Å². The third-order valence-electron chi connectivity index (χ3n) is 2.27. The van der Waals surface area contributed by atoms with Crippen molar-refractivity contribution in [2.45, 2.75) is 32.6 Å². The number of carbonyl (C=O) groups excluding carboxylic acids is 1. The summed E-state index contributed by atoms with van der Waals surface area (Å²) in [4.78, 5) is 19.5. The van der Waals surface area contributed by atoms with Gasteiger partial charge >= 0.3 is 14.2 Å². The van der Waals surface area contributed by atoms with Crippen molar-refractivity contribution in [2.75, 3.05) is 19.8 Å². The highest BCUT2D eigenvalue weighted by Crippen LogP contribution is 2.16. The van der Waals surface area contributed by atoms with Gasteiger partial charge in [0.25, 0.3) is 0 Å². The zero-order valence-corrected chi connectivity index (χ0v) is 12.7. The molecule has 0 bridgehead atoms. The van der Waals surface area contributed by atoms with E-state index in [1.807, 2.05) is 0 Å². The lowest BCUT2D eigenvalue weighted by molar-refractivity contribution is -0.140. The Morgan fingerprint density at radius 2 is 1.75 bits per heavy atom. The van der Waals surface area contributed by atoms with Crippen LogP contribution in [0.5, 0.6) is 0 Å². The molecular formula is C13H22O6P+. The lowest BCUT2D eigenvalue weighted by Gasteiger charge is -2.09. The third kappa shape index (κ3) is 11.8. The first-order valence-corrected chi connectivity index (χ1v) is 7.48. The molecule has 7 heteroatoms. The molecular weight excluding hydrogens is 283 g/mol. The van der Waals surface area contributed by atoms with Crippen molar-refractivity contribution in [3.8, 4) is 0 Å². The molecule has 0 fully saturated rings. The third-order valence-corrected chi connectivity index (χ3v) is 2.68. The monoisotopic (exact) mass is 305 g/mol. The maximum Gasteiger partial charge on any atom is 0.694 e. The highest BCUT2D eigenvalue weighted by Gasteiger charge is 2.10. The first kappa shape index (κ1) is 18.8. The second kappa shape index (κ2) is 11.6. The first-order valence-electron chi connectivity index (χ1n) is 6.35. The van der Waals surface area contributed by atoms with E-state index in [9.17, 15) is 9.36 Å². The van der Waals surface area contributed by atoms with E-state index in [-0.39, 0.29) is 19.8 Å². The van der Waals surface area contributed by atoms with E-state index in [4.69, 9.17) is 14.4 Å². The molecule has 0 saturated carbocycles. The summed E-state index contributed by atoms with van der Waals surface area (Å²) in [5.74, 6) is 0.201. The standard InChI is InChI=1S/C13H21O6P/c1-11(2)13(14)18-10-9-17-12(3)7-5-4-6-8-19-20(15)16/h1,3-10H2,2H3/p+1. The van der Waals surface area contributed by atoms with Gasteiger partial charge in [0.05, 0.1) is 5.76 Å². The van der Waals surface area contributed by atoms with E-state index >= 15 is 0 Å². The van der Waals surface area contributed by atoms with Gasteiger partial charge in [-0.1, -0.05) is 19.6 Å². The molecule has 0 aromatic heterocycles. The van der Waals surface area contributed by atoms with Gasteiger partial charge in [-0.2, -0.15) is 0 Å². The smallest absolute Gasteiger partial charge is 0.495 e. The number of hydrogen-bond acceptors (Lipinski definition) is 5. The van der Waals surface area contributed by atoms with Gasteiger partial charge in [-0.05, 0) is 19.8 Å². The number of unbranched alkanes of at least 4 members (excludes halogenated alkanes) is 2. The fraction of sp³-hybridized carbons (Fsp3) is 0.615. The summed E-state index contributed by atoms with van der Waals surface area (Å²) >= 11 is 0. The largest absolute Gasteiger partial charge is 0.694 e. The molecule has 114 valence electrons. The lowest BCUT2D eigenvalue weighted by Crippen LogP contribution is -2.10. The summed E-state index contributed by atoms with van der Waals surface area (Å²) in [6, 6.07) is 0. The van der Waals surface area contributed by atoms with Crippen molar-refractivity contribution in [2.24, 2.45) is 0 Å². The van der Waals surface area contributed by atoms with E-state index in [1.54, 1.807) is 6.92 Å². The molecule has 0 radical (unpaired) electrons. The van der Waals surface area contributed by atoms with Crippen molar-refractivity contribution in [1.82, 2.24) is 0 Å². The molecule has 0 aromatic carbocycles. The van der Waals surface area contributed by atoms with Crippen molar-refractivity contribution in [3.63, 3.8) is 0 Å². The van der Waals surface area contributed by atoms with E-state index in [0.29, 0.717) is 24.2 Å². The van der Waals surface area contributed by atoms with Gasteiger partial charge in [0.2, 0.25) is 0 Å². The van der Waals surface area contributed by atoms with Gasteiger partial charge in [-0.25, -0.2) is 4.79 Å². The lowest BCUT2D eigenvalue weighted by atomic mass is 10.2. The van der Waals surface area contributed by atoms with Gasteiger partial charge in [0, 0.05) is 16.6 Å². The molecule has 0 amide bonds. The first-order chi connectivity index (χ1) is 9.43. The Bertz CT molecular complexity index is 353. The Hall–Kier alpha value is -1.23. The maximum atomic E-state index is 11.1. The molecule has 6 nitrogen and oxygen atoms in total. The van der Waals surface area contributed by atoms with Crippen LogP contribution in [0.2, 0.25) is 0 Å². The predicted octanol–water partition coefficient (Wildman–Crippen LogP) is 2.86. The van der Waals surface area contributed by atoms with Crippen LogP contribution in [0.1, 0.15) is 32.6 Å². The van der Waals surface area contributed by atoms with E-state index in [2.05, 4.69) is 17.7 Å². The van der Waals surface area contributed by atoms with E-state index in [0.717, 1.165) is 12.8 Å². The molecule has 0 aliphatic heterocycles. The van der Waals surface area contributed by atoms with Crippen LogP contribution in [0, 0.1) is 0 Å². The molecule has 0 spiro atoms. The van der Waals surface area contributed by atoms with Crippen LogP contribution in [-0.2, 0) is 23.4 Å². The molecule has 20 heavy (non-hydrogen) atoms. The minimum Gasteiger partial charge on any atom is -0.495 e. The van der Waals surface area contributed by atoms with Crippen LogP contribution >= 0.6 is 8.25 Å². The molecule has 1 N–H and O–H groups in total. The molecule has 1 unspecified atom stereocenters. The number of hydrogen-bond donors (Lipinski definition) is 1. The van der Waals surface area contributed by atoms with Crippen LogP contribution in [0.4, 0.5) is 0 Å². The number of ether oxygens (including phenoxy) is 2. The highest BCUT2D eigenvalue weighted by molar-refractivity contribution is 7.32. The molecule has 0 rings (SSSR count). The second-order valence-electron chi connectivity index (χ2n) is 4.19. The van der Waals surface area contributed by atoms with Crippen LogP contribution in [0.25, 0.3) is 0 Å². The predicted molar refractivity (Wildman–Crippen MR) is 75.1 cm³/mol. The van der Waals surface area contributed by atoms with E-state index in [1.165, 1.54) is 0 Å². The normalized spacial score (nSPS) is 10.8. The average Bonchev–Trinajstić information content (AvgIpc) is 2.37. The summed E-state index contributed by atoms with van der Waals surface area (Å²) in [5, 5.41) is 0. The zero-order chi connectivity index (χ0) is 15.4. The van der Waals surface area contributed by atoms with Crippen molar-refractivity contribution in [1.29, 1.82) is 0 Å². The highest BCUT2D eigenvalue weighted by atomic mass is 31.1. The van der Waals surface area contributed by atoms with Gasteiger partial charge < -0.3 is 9.47 Å². The number of esters is 1. The minimum atomic E-state index is -2.49. The maximum absolute atomic E-state index is 11.1. The number of allylic oxidation sites excluding steroid dienone is 1. The molecule has 0 aromatic rings. The molecule has 0 aliphatic rings. The van der Waals surface area contributed by atoms with Crippen LogP contribution in [0.15, 0.2) is 24.5 Å². The SMILES string of the molecule is C=C(CCCCCO[P+](=O)O)OCCOC(=O)C(=C)C. The van der Waals surface area contributed by atoms with Gasteiger partial charge in [0.15, 0.2) is 0 Å². The molecule has 1 atom stereocenters. The Balaban J connectivity index is 3.39. The van der Waals surface area contributed by atoms with Gasteiger partial charge in [-0.3, -0.25) is 0 Å². The van der Waals surface area contributed by atoms with E-state index < -0.39 is 14.2 Å². The second-order valence-corrected chi connectivity index (χ2v) is 4.92. The Morgan fingerprint density at radius 3 is 2.35 bits per heavy atom. The van der Waals surface area contributed by atoms with Crippen molar-refractivity contribution in [3.05, 3.63) is 24.5 Å². The summed E-state index contributed by atoms with van der Waals surface area (Å²) in [6.45, 7) is 9.52. The van der Waals surface area contributed by atoms with Crippen molar-refractivity contribution < 1.29 is 28.3 Å². The summed E-state index contributed by atoms with van der Waals surface area (Å²) in [6.07, 6.45) is 3.12. The fourth-order valence-corrected chi connectivity index (χ4v) is 1.54. The Kier molecular flexibility index (Phi) is 10.9. The average molecular weight is 305 g/mol. The molecule has 0 heterocycles. The summed E-state index contributed by atoms with van der Waals surface area (Å²) in [5.41, 5.74) is 0.357. The number of carbonyl (C=O) groups is 1. The summed E-state index contributed by atoms with van der Waals surface area (Å²) < 4.78 is 24.9. The molecule has 0 aliphatic carbocycles. The van der Waals surface area contributed by atoms with Crippen LogP contribution in [0.3, 0.4) is 0 Å². The molecule has 0 saturated heterocycles. The quantitative estimate of drug-likeness (QED) is 0.196.